The first-order valence-electron chi connectivity index (χ1n) is 12.4. The van der Waals surface area contributed by atoms with Gasteiger partial charge in [0.15, 0.2) is 0 Å². The van der Waals surface area contributed by atoms with E-state index in [1.165, 1.54) is 11.1 Å². The molecule has 33 heavy (non-hydrogen) atoms. The first-order valence-corrected chi connectivity index (χ1v) is 12.4. The minimum absolute atomic E-state index is 0.147. The zero-order chi connectivity index (χ0) is 23.2. The maximum atomic E-state index is 13.4. The molecule has 0 aliphatic carbocycles. The van der Waals surface area contributed by atoms with Crippen LogP contribution < -0.4 is 10.2 Å². The monoisotopic (exact) mass is 443 g/mol. The molecule has 2 aliphatic rings. The van der Waals surface area contributed by atoms with Crippen LogP contribution in [-0.2, 0) is 0 Å². The number of piperidine rings is 1. The Morgan fingerprint density at radius 3 is 2.58 bits per heavy atom. The summed E-state index contributed by atoms with van der Waals surface area (Å²) in [6.45, 7) is 10.0. The molecule has 4 nitrogen and oxygen atoms in total. The van der Waals surface area contributed by atoms with Crippen LogP contribution in [0.2, 0.25) is 0 Å². The lowest BCUT2D eigenvalue weighted by atomic mass is 9.89. The molecule has 0 atom stereocenters. The average molecular weight is 444 g/mol. The number of likely N-dealkylation sites (tertiary alicyclic amines) is 1. The molecule has 1 saturated heterocycles. The first-order chi connectivity index (χ1) is 16.0. The van der Waals surface area contributed by atoms with Gasteiger partial charge in [-0.3, -0.25) is 4.79 Å². The van der Waals surface area contributed by atoms with E-state index in [1.807, 2.05) is 11.0 Å². The summed E-state index contributed by atoms with van der Waals surface area (Å²) in [5, 5.41) is 3.60. The number of carbonyl (C=O) groups is 1. The van der Waals surface area contributed by atoms with Gasteiger partial charge in [-0.25, -0.2) is 0 Å². The van der Waals surface area contributed by atoms with E-state index in [0.29, 0.717) is 11.8 Å². The van der Waals surface area contributed by atoms with Crippen molar-refractivity contribution in [1.29, 1.82) is 0 Å². The van der Waals surface area contributed by atoms with Gasteiger partial charge in [0.2, 0.25) is 0 Å². The van der Waals surface area contributed by atoms with E-state index in [9.17, 15) is 4.79 Å². The third-order valence-electron chi connectivity index (χ3n) is 6.80. The van der Waals surface area contributed by atoms with Gasteiger partial charge in [-0.05, 0) is 67.4 Å². The van der Waals surface area contributed by atoms with Gasteiger partial charge in [-0.1, -0.05) is 62.4 Å². The van der Waals surface area contributed by atoms with Crippen LogP contribution >= 0.6 is 0 Å². The molecule has 0 saturated carbocycles. The number of hydrogen-bond acceptors (Lipinski definition) is 3. The van der Waals surface area contributed by atoms with Crippen LogP contribution in [-0.4, -0.2) is 37.0 Å². The Morgan fingerprint density at radius 1 is 1.09 bits per heavy atom. The molecule has 0 aromatic heterocycles. The predicted octanol–water partition coefficient (Wildman–Crippen LogP) is 5.87. The Morgan fingerprint density at radius 2 is 1.85 bits per heavy atom. The lowest BCUT2D eigenvalue weighted by Gasteiger charge is -2.33. The Bertz CT molecular complexity index is 1000. The highest BCUT2D eigenvalue weighted by Gasteiger charge is 2.25. The largest absolute Gasteiger partial charge is 0.371 e. The van der Waals surface area contributed by atoms with Gasteiger partial charge >= 0.3 is 0 Å². The molecule has 1 fully saturated rings. The lowest BCUT2D eigenvalue weighted by molar-refractivity contribution is 0.0713. The van der Waals surface area contributed by atoms with E-state index in [4.69, 9.17) is 0 Å². The summed E-state index contributed by atoms with van der Waals surface area (Å²) >= 11 is 0. The summed E-state index contributed by atoms with van der Waals surface area (Å²) in [5.41, 5.74) is 4.46. The van der Waals surface area contributed by atoms with Crippen LogP contribution in [0.4, 0.5) is 5.69 Å². The maximum Gasteiger partial charge on any atom is 0.253 e. The molecule has 174 valence electrons. The molecule has 1 amide bonds. The van der Waals surface area contributed by atoms with Crippen molar-refractivity contribution in [3.8, 4) is 0 Å². The Hall–Kier alpha value is -3.01. The zero-order valence-corrected chi connectivity index (χ0v) is 20.3. The van der Waals surface area contributed by atoms with E-state index in [-0.39, 0.29) is 5.91 Å². The molecule has 0 radical (unpaired) electrons. The maximum absolute atomic E-state index is 13.4. The van der Waals surface area contributed by atoms with Crippen LogP contribution in [0.25, 0.3) is 0 Å². The van der Waals surface area contributed by atoms with Crippen LogP contribution in [0.1, 0.15) is 60.5 Å². The predicted molar refractivity (Wildman–Crippen MR) is 138 cm³/mol. The molecule has 0 spiro atoms. The highest BCUT2D eigenvalue weighted by molar-refractivity contribution is 5.95. The molecule has 0 unspecified atom stereocenters. The minimum atomic E-state index is 0.147. The summed E-state index contributed by atoms with van der Waals surface area (Å²) in [6.07, 6.45) is 9.58. The van der Waals surface area contributed by atoms with Gasteiger partial charge in [0.1, 0.15) is 5.82 Å². The molecule has 4 rings (SSSR count). The van der Waals surface area contributed by atoms with Crippen LogP contribution in [0.5, 0.6) is 0 Å². The standard InChI is InChI=1S/C29H37N3O/c1-22(2)14-17-30-28-11-7-8-18-32(28)27-21-26(13-12-23(27)3)29(33)31-19-15-25(16-20-31)24-9-5-4-6-10-24/h4-13,21-22,25,30H,14-20H2,1-3H3. The fourth-order valence-electron chi connectivity index (χ4n) is 4.74. The molecule has 2 aromatic carbocycles. The van der Waals surface area contributed by atoms with E-state index in [0.717, 1.165) is 62.5 Å². The lowest BCUT2D eigenvalue weighted by Crippen LogP contribution is -2.38. The van der Waals surface area contributed by atoms with Gasteiger partial charge in [0, 0.05) is 37.4 Å². The fraction of sp³-hybridized carbons (Fsp3) is 0.414. The number of rotatable bonds is 7. The summed E-state index contributed by atoms with van der Waals surface area (Å²) in [6, 6.07) is 16.9. The molecule has 0 bridgehead atoms. The molecular formula is C29H37N3O. The molecule has 1 N–H and O–H groups in total. The molecule has 2 heterocycles. The summed E-state index contributed by atoms with van der Waals surface area (Å²) < 4.78 is 0. The number of nitrogens with zero attached hydrogens (tertiary/aromatic N) is 2. The highest BCUT2D eigenvalue weighted by atomic mass is 16.2. The van der Waals surface area contributed by atoms with E-state index < -0.39 is 0 Å². The third-order valence-corrected chi connectivity index (χ3v) is 6.80. The third kappa shape index (κ3) is 5.68. The van der Waals surface area contributed by atoms with Crippen molar-refractivity contribution in [3.63, 3.8) is 0 Å². The quantitative estimate of drug-likeness (QED) is 0.581. The van der Waals surface area contributed by atoms with Crippen molar-refractivity contribution >= 4 is 11.6 Å². The second-order valence-electron chi connectivity index (χ2n) is 9.68. The van der Waals surface area contributed by atoms with Crippen LogP contribution in [0.15, 0.2) is 72.6 Å². The van der Waals surface area contributed by atoms with Crippen molar-refractivity contribution in [2.45, 2.75) is 46.0 Å². The van der Waals surface area contributed by atoms with E-state index in [2.05, 4.69) is 91.7 Å². The Kier molecular flexibility index (Phi) is 7.54. The SMILES string of the molecule is Cc1ccc(C(=O)N2CCC(c3ccccc3)CC2)cc1N1CC=CC=C1NCCC(C)C. The van der Waals surface area contributed by atoms with Crippen molar-refractivity contribution in [1.82, 2.24) is 10.2 Å². The van der Waals surface area contributed by atoms with Crippen molar-refractivity contribution in [2.75, 3.05) is 31.1 Å². The van der Waals surface area contributed by atoms with Crippen LogP contribution in [0, 0.1) is 12.8 Å². The normalized spacial score (nSPS) is 16.8. The van der Waals surface area contributed by atoms with Crippen molar-refractivity contribution in [2.24, 2.45) is 5.92 Å². The van der Waals surface area contributed by atoms with Crippen molar-refractivity contribution in [3.05, 3.63) is 89.3 Å². The fourth-order valence-corrected chi connectivity index (χ4v) is 4.74. The molecule has 2 aromatic rings. The number of amides is 1. The van der Waals surface area contributed by atoms with Gasteiger partial charge in [-0.2, -0.15) is 0 Å². The van der Waals surface area contributed by atoms with Crippen molar-refractivity contribution < 1.29 is 4.79 Å². The smallest absolute Gasteiger partial charge is 0.253 e. The number of nitrogens with one attached hydrogen (secondary N) is 1. The second kappa shape index (κ2) is 10.7. The summed E-state index contributed by atoms with van der Waals surface area (Å²) in [5.74, 6) is 2.47. The summed E-state index contributed by atoms with van der Waals surface area (Å²) in [7, 11) is 0. The van der Waals surface area contributed by atoms with E-state index in [1.54, 1.807) is 0 Å². The number of anilines is 1. The van der Waals surface area contributed by atoms with Gasteiger partial charge < -0.3 is 15.1 Å². The Balaban J connectivity index is 1.45. The molecular weight excluding hydrogens is 406 g/mol. The number of hydrogen-bond donors (Lipinski definition) is 1. The molecule has 2 aliphatic heterocycles. The second-order valence-corrected chi connectivity index (χ2v) is 9.68. The number of carbonyl (C=O) groups excluding carboxylic acids is 1. The first kappa shape index (κ1) is 23.2. The van der Waals surface area contributed by atoms with Crippen LogP contribution in [0.3, 0.4) is 0 Å². The van der Waals surface area contributed by atoms with Gasteiger partial charge in [0.25, 0.3) is 5.91 Å². The minimum Gasteiger partial charge on any atom is -0.371 e. The highest BCUT2D eigenvalue weighted by Crippen LogP contribution is 2.30. The molecule has 4 heteroatoms. The number of allylic oxidation sites excluding steroid dienone is 2. The number of benzene rings is 2. The topological polar surface area (TPSA) is 35.6 Å². The number of aryl methyl sites for hydroxylation is 1. The zero-order valence-electron chi connectivity index (χ0n) is 20.3. The average Bonchev–Trinajstić information content (AvgIpc) is 2.85. The Labute approximate surface area is 199 Å². The van der Waals surface area contributed by atoms with E-state index >= 15 is 0 Å². The van der Waals surface area contributed by atoms with Gasteiger partial charge in [0.05, 0.1) is 0 Å². The van der Waals surface area contributed by atoms with Gasteiger partial charge in [-0.15, -0.1) is 0 Å². The summed E-state index contributed by atoms with van der Waals surface area (Å²) in [4.78, 5) is 17.7.